The molecule has 5 rings (SSSR count). The van der Waals surface area contributed by atoms with Gasteiger partial charge in [-0.1, -0.05) is 24.3 Å². The minimum absolute atomic E-state index is 0. The number of nitrogens with zero attached hydrogens (tertiary/aromatic N) is 4. The Kier molecular flexibility index (Phi) is 11.4. The van der Waals surface area contributed by atoms with Crippen molar-refractivity contribution in [3.05, 3.63) is 76.9 Å². The van der Waals surface area contributed by atoms with Gasteiger partial charge < -0.3 is 24.4 Å². The van der Waals surface area contributed by atoms with Gasteiger partial charge in [0.1, 0.15) is 24.7 Å². The van der Waals surface area contributed by atoms with Gasteiger partial charge in [-0.05, 0) is 73.4 Å². The van der Waals surface area contributed by atoms with E-state index in [1.54, 1.807) is 23.1 Å². The van der Waals surface area contributed by atoms with Crippen LogP contribution in [0.5, 0.6) is 5.75 Å². The van der Waals surface area contributed by atoms with E-state index in [4.69, 9.17) is 10.00 Å². The number of carboxylic acid groups (broad SMARTS) is 1. The molecule has 3 heterocycles. The Morgan fingerprint density at radius 1 is 1.05 bits per heavy atom. The Bertz CT molecular complexity index is 1550. The molecular weight excluding hydrogens is 577 g/mol. The number of benzene rings is 2. The molecule has 0 unspecified atom stereocenters. The fraction of sp³-hybridized carbons (Fsp3) is 0.394. The maximum absolute atomic E-state index is 15.1. The van der Waals surface area contributed by atoms with Gasteiger partial charge in [-0.2, -0.15) is 5.26 Å². The molecule has 8 nitrogen and oxygen atoms in total. The van der Waals surface area contributed by atoms with Crippen molar-refractivity contribution < 1.29 is 57.8 Å². The first-order chi connectivity index (χ1) is 20.7. The van der Waals surface area contributed by atoms with Gasteiger partial charge in [0.15, 0.2) is 11.6 Å². The molecule has 1 aromatic heterocycles. The molecule has 224 valence electrons. The number of rotatable bonds is 8. The summed E-state index contributed by atoms with van der Waals surface area (Å²) in [6.07, 6.45) is 2.42. The molecule has 1 amide bonds. The average molecular weight is 611 g/mol. The second-order valence-electron chi connectivity index (χ2n) is 11.2. The molecular formula is C33H33F2N4NaO4. The summed E-state index contributed by atoms with van der Waals surface area (Å²) < 4.78 is 35.5. The Morgan fingerprint density at radius 3 is 2.43 bits per heavy atom. The van der Waals surface area contributed by atoms with Gasteiger partial charge >= 0.3 is 29.6 Å². The number of hydrogen-bond donors (Lipinski definition) is 0. The number of likely N-dealkylation sites (tertiary alicyclic amines) is 1. The molecule has 2 aliphatic rings. The van der Waals surface area contributed by atoms with Crippen LogP contribution in [0.15, 0.2) is 48.5 Å². The van der Waals surface area contributed by atoms with Crippen molar-refractivity contribution in [3.8, 4) is 23.1 Å². The summed E-state index contributed by atoms with van der Waals surface area (Å²) in [6.45, 7) is 4.25. The molecule has 11 heteroatoms. The number of pyridine rings is 1. The summed E-state index contributed by atoms with van der Waals surface area (Å²) >= 11 is 0. The van der Waals surface area contributed by atoms with Gasteiger partial charge in [0.2, 0.25) is 5.91 Å². The largest absolute Gasteiger partial charge is 1.00 e. The van der Waals surface area contributed by atoms with Crippen LogP contribution in [-0.4, -0.2) is 47.9 Å². The summed E-state index contributed by atoms with van der Waals surface area (Å²) in [5.74, 6) is -2.45. The number of aryl methyl sites for hydroxylation is 1. The predicted molar refractivity (Wildman–Crippen MR) is 154 cm³/mol. The molecule has 0 atom stereocenters. The fourth-order valence-electron chi connectivity index (χ4n) is 5.92. The number of halogens is 2. The fourth-order valence-corrected chi connectivity index (χ4v) is 5.92. The number of ether oxygens (including phenoxy) is 1. The van der Waals surface area contributed by atoms with Crippen molar-refractivity contribution >= 4 is 17.7 Å². The zero-order chi connectivity index (χ0) is 30.5. The Labute approximate surface area is 277 Å². The van der Waals surface area contributed by atoms with Gasteiger partial charge in [-0.3, -0.25) is 4.79 Å². The van der Waals surface area contributed by atoms with Crippen LogP contribution in [0.25, 0.3) is 11.3 Å². The third kappa shape index (κ3) is 7.76. The Morgan fingerprint density at radius 2 is 1.77 bits per heavy atom. The number of piperidine rings is 2. The van der Waals surface area contributed by atoms with Gasteiger partial charge in [0.05, 0.1) is 11.8 Å². The van der Waals surface area contributed by atoms with Crippen molar-refractivity contribution in [2.24, 2.45) is 5.92 Å². The summed E-state index contributed by atoms with van der Waals surface area (Å²) in [4.78, 5) is 31.6. The molecule has 44 heavy (non-hydrogen) atoms. The third-order valence-corrected chi connectivity index (χ3v) is 8.46. The normalized spacial score (nSPS) is 15.8. The van der Waals surface area contributed by atoms with E-state index in [9.17, 15) is 19.1 Å². The summed E-state index contributed by atoms with van der Waals surface area (Å²) in [5, 5.41) is 20.0. The average Bonchev–Trinajstić information content (AvgIpc) is 3.01. The molecule has 3 aromatic rings. The molecule has 0 N–H and O–H groups in total. The Hall–Kier alpha value is -3.52. The SMILES string of the molecule is Cc1cc(C2CCN(C(=O)CC#N)CC2)ccc1COc1c(F)cc(F)cc1-c1cccc(N2CCC(C(=O)[O-])CC2)n1.[Na+]. The number of carboxylic acids is 1. The third-order valence-electron chi connectivity index (χ3n) is 8.46. The number of carbonyl (C=O) groups excluding carboxylic acids is 2. The quantitative estimate of drug-likeness (QED) is 0.356. The van der Waals surface area contributed by atoms with Crippen LogP contribution in [-0.2, 0) is 16.2 Å². The van der Waals surface area contributed by atoms with Crippen LogP contribution in [0, 0.1) is 35.8 Å². The summed E-state index contributed by atoms with van der Waals surface area (Å²) in [6, 6.07) is 15.2. The standard InChI is InChI=1S/C33H34F2N4O4.Na/c1-21-17-24(22-8-15-39(16-9-22)31(40)7-12-36)5-6-25(21)20-43-32-27(18-26(34)19-28(32)35)29-3-2-4-30(37-29)38-13-10-23(11-14-38)33(41)42;/h2-6,17-19,22-23H,7-11,13-16,20H2,1H3,(H,41,42);/q;+1/p-1. The smallest absolute Gasteiger partial charge is 0.550 e. The van der Waals surface area contributed by atoms with Crippen molar-refractivity contribution in [1.82, 2.24) is 9.88 Å². The van der Waals surface area contributed by atoms with Gasteiger partial charge in [0.25, 0.3) is 0 Å². The van der Waals surface area contributed by atoms with E-state index < -0.39 is 23.5 Å². The first kappa shape index (κ1) is 33.4. The van der Waals surface area contributed by atoms with Gasteiger partial charge in [-0.25, -0.2) is 13.8 Å². The molecule has 2 aromatic carbocycles. The molecule has 0 saturated carbocycles. The van der Waals surface area contributed by atoms with Gasteiger partial charge in [0, 0.05) is 49.7 Å². The molecule has 2 aliphatic heterocycles. The summed E-state index contributed by atoms with van der Waals surface area (Å²) in [7, 11) is 0. The first-order valence-electron chi connectivity index (χ1n) is 14.5. The van der Waals surface area contributed by atoms with E-state index >= 15 is 4.39 Å². The topological polar surface area (TPSA) is 110 Å². The van der Waals surface area contributed by atoms with Crippen LogP contribution in [0.4, 0.5) is 14.6 Å². The zero-order valence-electron chi connectivity index (χ0n) is 25.0. The maximum Gasteiger partial charge on any atom is 1.00 e. The second kappa shape index (κ2) is 15.0. The number of nitriles is 1. The number of amides is 1. The van der Waals surface area contributed by atoms with Crippen LogP contribution in [0.3, 0.4) is 0 Å². The second-order valence-corrected chi connectivity index (χ2v) is 11.2. The molecule has 2 saturated heterocycles. The van der Waals surface area contributed by atoms with E-state index in [2.05, 4.69) is 11.1 Å². The van der Waals surface area contributed by atoms with E-state index in [1.807, 2.05) is 30.0 Å². The molecule has 0 radical (unpaired) electrons. The van der Waals surface area contributed by atoms with Crippen LogP contribution >= 0.6 is 0 Å². The van der Waals surface area contributed by atoms with Crippen molar-refractivity contribution in [2.45, 2.75) is 51.6 Å². The van der Waals surface area contributed by atoms with E-state index in [1.165, 1.54) is 6.07 Å². The predicted octanol–water partition coefficient (Wildman–Crippen LogP) is 1.50. The van der Waals surface area contributed by atoms with Crippen molar-refractivity contribution in [2.75, 3.05) is 31.1 Å². The number of carbonyl (C=O) groups is 2. The number of aliphatic carboxylic acids is 1. The van der Waals surface area contributed by atoms with Crippen LogP contribution < -0.4 is 44.3 Å². The monoisotopic (exact) mass is 610 g/mol. The first-order valence-corrected chi connectivity index (χ1v) is 14.5. The van der Waals surface area contributed by atoms with Crippen LogP contribution in [0.2, 0.25) is 0 Å². The molecule has 0 aliphatic carbocycles. The van der Waals surface area contributed by atoms with E-state index in [0.29, 0.717) is 56.5 Å². The van der Waals surface area contributed by atoms with Gasteiger partial charge in [-0.15, -0.1) is 0 Å². The van der Waals surface area contributed by atoms with E-state index in [0.717, 1.165) is 35.6 Å². The van der Waals surface area contributed by atoms with Crippen LogP contribution in [0.1, 0.15) is 54.7 Å². The number of anilines is 1. The minimum atomic E-state index is -1.05. The molecule has 0 bridgehead atoms. The number of aromatic nitrogens is 1. The zero-order valence-corrected chi connectivity index (χ0v) is 27.0. The summed E-state index contributed by atoms with van der Waals surface area (Å²) in [5.41, 5.74) is 3.53. The maximum atomic E-state index is 15.1. The Balaban J connectivity index is 0.00000442. The molecule has 2 fully saturated rings. The van der Waals surface area contributed by atoms with Crippen molar-refractivity contribution in [1.29, 1.82) is 5.26 Å². The van der Waals surface area contributed by atoms with E-state index in [-0.39, 0.29) is 59.8 Å². The molecule has 0 spiro atoms. The number of hydrogen-bond acceptors (Lipinski definition) is 7. The minimum Gasteiger partial charge on any atom is -0.550 e. The van der Waals surface area contributed by atoms with Crippen molar-refractivity contribution in [3.63, 3.8) is 0 Å².